The second kappa shape index (κ2) is 18.5. The van der Waals surface area contributed by atoms with E-state index in [0.717, 1.165) is 5.92 Å². The summed E-state index contributed by atoms with van der Waals surface area (Å²) in [6.07, 6.45) is 24.2. The second-order valence-electron chi connectivity index (χ2n) is 5.54. The van der Waals surface area contributed by atoms with Crippen molar-refractivity contribution in [2.45, 2.75) is 25.7 Å². The molecule has 0 spiro atoms. The zero-order valence-corrected chi connectivity index (χ0v) is 18.4. The first kappa shape index (κ1) is 29.5. The Kier molecular flexibility index (Phi) is 23.8. The van der Waals surface area contributed by atoms with E-state index >= 15 is 0 Å². The summed E-state index contributed by atoms with van der Waals surface area (Å²) in [7, 11) is 2.23. The van der Waals surface area contributed by atoms with Crippen LogP contribution < -0.4 is 24.8 Å². The molecule has 5 heteroatoms. The van der Waals surface area contributed by atoms with Crippen LogP contribution in [0.2, 0.25) is 0 Å². The quantitative estimate of drug-likeness (QED) is 0.451. The Bertz CT molecular complexity index is 221. The van der Waals surface area contributed by atoms with Crippen molar-refractivity contribution in [2.24, 2.45) is 5.92 Å². The van der Waals surface area contributed by atoms with Crippen molar-refractivity contribution in [3.05, 3.63) is 63.7 Å². The third-order valence-electron chi connectivity index (χ3n) is 3.97. The predicted octanol–water partition coefficient (Wildman–Crippen LogP) is -1.88. The molecule has 3 rings (SSSR count). The number of halogens is 3. The van der Waals surface area contributed by atoms with Crippen molar-refractivity contribution in [1.29, 1.82) is 0 Å². The molecule has 0 unspecified atom stereocenters. The maximum absolute atomic E-state index is 2.44. The number of hydrogen-bond acceptors (Lipinski definition) is 1. The molecule has 2 aliphatic carbocycles. The molecular formula is C18H26BrCl2NTi+2. The summed E-state index contributed by atoms with van der Waals surface area (Å²) in [5, 5.41) is 0. The number of rotatable bonds is 3. The first-order valence-corrected chi connectivity index (χ1v) is 7.40. The Balaban J connectivity index is -0.000000389. The van der Waals surface area contributed by atoms with Gasteiger partial charge in [0, 0.05) is 0 Å². The first-order chi connectivity index (χ1) is 9.34. The van der Waals surface area contributed by atoms with E-state index in [2.05, 4.69) is 37.6 Å². The van der Waals surface area contributed by atoms with E-state index in [1.54, 1.807) is 0 Å². The molecule has 1 nitrogen and oxygen atoms in total. The molecule has 0 N–H and O–H groups in total. The minimum atomic E-state index is 0. The van der Waals surface area contributed by atoms with Crippen LogP contribution in [0.15, 0.2) is 0 Å². The van der Waals surface area contributed by atoms with Crippen LogP contribution in [0.1, 0.15) is 25.7 Å². The number of likely N-dealkylation sites (tertiary alicyclic amines) is 1. The van der Waals surface area contributed by atoms with Gasteiger partial charge < -0.3 is 29.7 Å². The van der Waals surface area contributed by atoms with E-state index in [1.165, 1.54) is 44.7 Å². The summed E-state index contributed by atoms with van der Waals surface area (Å²) < 4.78 is 0. The fraction of sp³-hybridized carbons (Fsp3) is 0.444. The zero-order chi connectivity index (χ0) is 13.3. The van der Waals surface area contributed by atoms with Crippen LogP contribution in [-0.4, -0.2) is 25.0 Å². The molecule has 0 bridgehead atoms. The normalized spacial score (nSPS) is 21.8. The van der Waals surface area contributed by atoms with Gasteiger partial charge in [-0.1, -0.05) is 0 Å². The van der Waals surface area contributed by atoms with Crippen molar-refractivity contribution in [1.82, 2.24) is 4.90 Å². The molecule has 2 saturated carbocycles. The molecule has 3 fully saturated rings. The van der Waals surface area contributed by atoms with Crippen LogP contribution >= 0.6 is 17.0 Å². The Morgan fingerprint density at radius 1 is 0.870 bits per heavy atom. The molecule has 0 atom stereocenters. The third kappa shape index (κ3) is 13.6. The Morgan fingerprint density at radius 3 is 1.74 bits per heavy atom. The average Bonchev–Trinajstić information content (AvgIpc) is 3.14. The topological polar surface area (TPSA) is 3.24 Å². The zero-order valence-electron chi connectivity index (χ0n) is 13.6. The van der Waals surface area contributed by atoms with E-state index in [0.29, 0.717) is 0 Å². The van der Waals surface area contributed by atoms with Crippen LogP contribution in [0, 0.1) is 69.6 Å². The summed E-state index contributed by atoms with van der Waals surface area (Å²) in [5.74, 6) is 2.49. The van der Waals surface area contributed by atoms with Crippen molar-refractivity contribution in [2.75, 3.05) is 20.1 Å². The van der Waals surface area contributed by atoms with Crippen molar-refractivity contribution in [3.63, 3.8) is 0 Å². The molecule has 1 saturated heterocycles. The van der Waals surface area contributed by atoms with Crippen LogP contribution in [-0.2, 0) is 21.7 Å². The summed E-state index contributed by atoms with van der Waals surface area (Å²) in [5.41, 5.74) is 0. The number of nitrogens with zero attached hydrogens (tertiary/aromatic N) is 1. The fourth-order valence-electron chi connectivity index (χ4n) is 2.62. The monoisotopic (exact) mass is 453 g/mol. The molecule has 0 aromatic rings. The van der Waals surface area contributed by atoms with Crippen LogP contribution in [0.3, 0.4) is 0 Å². The molecule has 23 heavy (non-hydrogen) atoms. The number of piperidine rings is 1. The van der Waals surface area contributed by atoms with Crippen LogP contribution in [0.4, 0.5) is 0 Å². The standard InChI is InChI=1S/C13H20N.C5H5.BrH.2ClH.Ti/c1-14-10-8-13(9-11-14)7-6-12-4-2-3-5-12;1-2-4-5-3-1;;;;/h2-5,13H,6-11H2,1H3;1-5H;3*1H;/q;;;;;+4/p-2. The summed E-state index contributed by atoms with van der Waals surface area (Å²) >= 11 is 0. The molecule has 1 aliphatic heterocycles. The van der Waals surface area contributed by atoms with Gasteiger partial charge in [0.1, 0.15) is 0 Å². The number of hydrogen-bond donors (Lipinski definition) is 0. The van der Waals surface area contributed by atoms with E-state index in [9.17, 15) is 0 Å². The van der Waals surface area contributed by atoms with Gasteiger partial charge in [-0.25, -0.2) is 0 Å². The van der Waals surface area contributed by atoms with E-state index in [4.69, 9.17) is 0 Å². The minimum Gasteiger partial charge on any atom is -1.00 e. The third-order valence-corrected chi connectivity index (χ3v) is 3.97. The molecule has 10 radical (unpaired) electrons. The van der Waals surface area contributed by atoms with E-state index in [1.807, 2.05) is 32.1 Å². The molecular weight excluding hydrogens is 429 g/mol. The van der Waals surface area contributed by atoms with Crippen molar-refractivity contribution in [3.8, 4) is 0 Å². The van der Waals surface area contributed by atoms with Gasteiger partial charge in [0.2, 0.25) is 0 Å². The van der Waals surface area contributed by atoms with Gasteiger partial charge in [-0.15, -0.1) is 17.0 Å². The van der Waals surface area contributed by atoms with Gasteiger partial charge in [-0.2, -0.15) is 0 Å². The van der Waals surface area contributed by atoms with Gasteiger partial charge in [0.15, 0.2) is 0 Å². The van der Waals surface area contributed by atoms with Crippen LogP contribution in [0.25, 0.3) is 0 Å². The van der Waals surface area contributed by atoms with Gasteiger partial charge in [-0.05, 0) is 115 Å². The molecule has 0 aromatic carbocycles. The Hall–Kier alpha value is 1.73. The van der Waals surface area contributed by atoms with Crippen molar-refractivity contribution >= 4 is 17.0 Å². The van der Waals surface area contributed by atoms with E-state index < -0.39 is 0 Å². The molecule has 3 aliphatic rings. The Morgan fingerprint density at radius 2 is 1.30 bits per heavy atom. The summed E-state index contributed by atoms with van der Waals surface area (Å²) in [6, 6.07) is 0. The first-order valence-electron chi connectivity index (χ1n) is 7.40. The average molecular weight is 455 g/mol. The molecule has 0 aromatic heterocycles. The SMILES string of the molecule is Br.CN1CCC(CC[C]2[CH][CH][CH][CH]2)CC1.[CH]1[CH][CH][CH][CH]1.[Cl-].[Cl-].[Ti+4]. The fourth-order valence-corrected chi connectivity index (χ4v) is 2.62. The molecule has 126 valence electrons. The maximum Gasteiger partial charge on any atom is 4.00 e. The molecule has 1 heterocycles. The van der Waals surface area contributed by atoms with Gasteiger partial charge >= 0.3 is 21.7 Å². The Labute approximate surface area is 183 Å². The second-order valence-corrected chi connectivity index (χ2v) is 5.54. The minimum absolute atomic E-state index is 0. The maximum atomic E-state index is 2.44. The largest absolute Gasteiger partial charge is 4.00 e. The van der Waals surface area contributed by atoms with Gasteiger partial charge in [0.25, 0.3) is 0 Å². The van der Waals surface area contributed by atoms with Crippen molar-refractivity contribution < 1.29 is 46.5 Å². The van der Waals surface area contributed by atoms with Gasteiger partial charge in [0.05, 0.1) is 0 Å². The smallest absolute Gasteiger partial charge is 1.00 e. The van der Waals surface area contributed by atoms with Gasteiger partial charge in [-0.3, -0.25) is 0 Å². The predicted molar refractivity (Wildman–Crippen MR) is 91.7 cm³/mol. The summed E-state index contributed by atoms with van der Waals surface area (Å²) in [6.45, 7) is 2.59. The summed E-state index contributed by atoms with van der Waals surface area (Å²) in [4.78, 5) is 2.44. The molecule has 0 amide bonds. The van der Waals surface area contributed by atoms with Crippen LogP contribution in [0.5, 0.6) is 0 Å². The van der Waals surface area contributed by atoms with E-state index in [-0.39, 0.29) is 63.5 Å².